The number of benzene rings is 2. The van der Waals surface area contributed by atoms with E-state index in [2.05, 4.69) is 9.98 Å². The van der Waals surface area contributed by atoms with Crippen LogP contribution < -0.4 is 11.5 Å². The van der Waals surface area contributed by atoms with Crippen LogP contribution in [-0.4, -0.2) is 39.6 Å². The maximum Gasteiger partial charge on any atom is 0.390 e. The van der Waals surface area contributed by atoms with Gasteiger partial charge in [-0.15, -0.1) is 0 Å². The SMILES string of the molecule is NC1=Nc2cc(-c3cncc(CO)c3)ccc2C=C(C(=O)N(CCC(F)(F)F)OCc2cccc(N)c2)C1. The molecule has 198 valence electrons. The minimum Gasteiger partial charge on any atom is -0.399 e. The molecule has 3 aromatic rings. The van der Waals surface area contributed by atoms with Crippen LogP contribution in [0.2, 0.25) is 0 Å². The van der Waals surface area contributed by atoms with Crippen LogP contribution in [-0.2, 0) is 22.8 Å². The number of aromatic nitrogens is 1. The fourth-order valence-corrected chi connectivity index (χ4v) is 3.89. The minimum absolute atomic E-state index is 0.0748. The average molecular weight is 526 g/mol. The summed E-state index contributed by atoms with van der Waals surface area (Å²) in [5, 5.41) is 10.1. The van der Waals surface area contributed by atoms with Crippen molar-refractivity contribution in [3.63, 3.8) is 0 Å². The fraction of sp³-hybridized carbons (Fsp3) is 0.222. The van der Waals surface area contributed by atoms with Gasteiger partial charge in [-0.3, -0.25) is 14.6 Å². The third-order valence-electron chi connectivity index (χ3n) is 5.74. The number of alkyl halides is 3. The van der Waals surface area contributed by atoms with Crippen LogP contribution in [0.1, 0.15) is 29.5 Å². The van der Waals surface area contributed by atoms with Gasteiger partial charge in [-0.05, 0) is 47.0 Å². The van der Waals surface area contributed by atoms with Gasteiger partial charge in [0.15, 0.2) is 0 Å². The van der Waals surface area contributed by atoms with Gasteiger partial charge in [0.1, 0.15) is 12.4 Å². The van der Waals surface area contributed by atoms with E-state index in [0.29, 0.717) is 33.1 Å². The van der Waals surface area contributed by atoms with E-state index in [0.717, 1.165) is 11.1 Å². The van der Waals surface area contributed by atoms with Gasteiger partial charge in [0.05, 0.1) is 25.3 Å². The number of pyridine rings is 1. The Labute approximate surface area is 217 Å². The van der Waals surface area contributed by atoms with Gasteiger partial charge >= 0.3 is 6.18 Å². The molecule has 0 aliphatic carbocycles. The molecule has 11 heteroatoms. The number of carbonyl (C=O) groups is 1. The van der Waals surface area contributed by atoms with Crippen LogP contribution in [0.5, 0.6) is 0 Å². The number of aliphatic hydroxyl groups excluding tert-OH is 1. The summed E-state index contributed by atoms with van der Waals surface area (Å²) in [5.41, 5.74) is 16.3. The Morgan fingerprint density at radius 3 is 2.61 bits per heavy atom. The standard InChI is InChI=1S/C27H26F3N5O3/c28-27(29,30)6-7-35(38-16-17-2-1-3-23(31)9-17)26(37)21-10-20-5-4-19(11-24(20)34-25(32)12-21)22-8-18(15-36)13-33-14-22/h1-5,8-11,13-14,36H,6-7,12,15-16,31H2,(H2,32,34). The van der Waals surface area contributed by atoms with E-state index in [-0.39, 0.29) is 31.0 Å². The molecule has 1 aliphatic rings. The molecule has 1 aromatic heterocycles. The first kappa shape index (κ1) is 26.8. The van der Waals surface area contributed by atoms with Crippen molar-refractivity contribution >= 4 is 29.2 Å². The smallest absolute Gasteiger partial charge is 0.390 e. The number of carbonyl (C=O) groups excluding carboxylic acids is 1. The number of fused-ring (bicyclic) bond motifs is 1. The van der Waals surface area contributed by atoms with Gasteiger partial charge in [-0.2, -0.15) is 13.2 Å². The highest BCUT2D eigenvalue weighted by molar-refractivity contribution is 6.05. The van der Waals surface area contributed by atoms with Gasteiger partial charge in [-0.1, -0.05) is 24.3 Å². The summed E-state index contributed by atoms with van der Waals surface area (Å²) in [6.07, 6.45) is -1.04. The van der Waals surface area contributed by atoms with Crippen LogP contribution in [0.4, 0.5) is 24.5 Å². The molecule has 0 atom stereocenters. The van der Waals surface area contributed by atoms with Crippen LogP contribution >= 0.6 is 0 Å². The first-order valence-corrected chi connectivity index (χ1v) is 11.7. The molecule has 0 bridgehead atoms. The Morgan fingerprint density at radius 2 is 1.87 bits per heavy atom. The van der Waals surface area contributed by atoms with Gasteiger partial charge in [-0.25, -0.2) is 10.1 Å². The topological polar surface area (TPSA) is 127 Å². The molecule has 2 aromatic carbocycles. The average Bonchev–Trinajstić information content (AvgIpc) is 3.05. The van der Waals surface area contributed by atoms with E-state index in [9.17, 15) is 23.1 Å². The van der Waals surface area contributed by atoms with Crippen molar-refractivity contribution in [1.82, 2.24) is 10.0 Å². The molecule has 1 aliphatic heterocycles. The maximum atomic E-state index is 13.4. The molecule has 1 amide bonds. The summed E-state index contributed by atoms with van der Waals surface area (Å²) in [6.45, 7) is -0.999. The third-order valence-corrected chi connectivity index (χ3v) is 5.74. The molecule has 2 heterocycles. The Morgan fingerprint density at radius 1 is 1.05 bits per heavy atom. The Hall–Kier alpha value is -4.22. The number of aliphatic hydroxyl groups is 1. The summed E-state index contributed by atoms with van der Waals surface area (Å²) in [7, 11) is 0. The predicted octanol–water partition coefficient (Wildman–Crippen LogP) is 4.51. The Balaban J connectivity index is 1.61. The highest BCUT2D eigenvalue weighted by Crippen LogP contribution is 2.32. The van der Waals surface area contributed by atoms with E-state index < -0.39 is 25.0 Å². The molecule has 4 rings (SSSR count). The highest BCUT2D eigenvalue weighted by atomic mass is 19.4. The van der Waals surface area contributed by atoms with E-state index in [1.807, 2.05) is 0 Å². The largest absolute Gasteiger partial charge is 0.399 e. The number of aliphatic imine (C=N–C) groups is 1. The number of hydrogen-bond donors (Lipinski definition) is 3. The minimum atomic E-state index is -4.48. The number of nitrogens with zero attached hydrogens (tertiary/aromatic N) is 3. The monoisotopic (exact) mass is 525 g/mol. The zero-order valence-corrected chi connectivity index (χ0v) is 20.3. The molecular weight excluding hydrogens is 499 g/mol. The number of amidine groups is 1. The normalized spacial score (nSPS) is 13.3. The van der Waals surface area contributed by atoms with E-state index >= 15 is 0 Å². The quantitative estimate of drug-likeness (QED) is 0.293. The van der Waals surface area contributed by atoms with Crippen molar-refractivity contribution in [3.8, 4) is 11.1 Å². The van der Waals surface area contributed by atoms with Crippen molar-refractivity contribution in [3.05, 3.63) is 83.2 Å². The predicted molar refractivity (Wildman–Crippen MR) is 138 cm³/mol. The second-order valence-corrected chi connectivity index (χ2v) is 8.75. The second-order valence-electron chi connectivity index (χ2n) is 8.75. The molecule has 0 radical (unpaired) electrons. The maximum absolute atomic E-state index is 13.4. The first-order chi connectivity index (χ1) is 18.1. The highest BCUT2D eigenvalue weighted by Gasteiger charge is 2.31. The third kappa shape index (κ3) is 6.96. The Bertz CT molecular complexity index is 1390. The van der Waals surface area contributed by atoms with Crippen LogP contribution in [0.25, 0.3) is 17.2 Å². The van der Waals surface area contributed by atoms with Crippen LogP contribution in [0.15, 0.2) is 71.5 Å². The lowest BCUT2D eigenvalue weighted by Gasteiger charge is -2.24. The van der Waals surface area contributed by atoms with Crippen LogP contribution in [0.3, 0.4) is 0 Å². The van der Waals surface area contributed by atoms with Crippen molar-refractivity contribution < 1.29 is 27.9 Å². The number of amides is 1. The van der Waals surface area contributed by atoms with Gasteiger partial charge < -0.3 is 16.6 Å². The van der Waals surface area contributed by atoms with Crippen molar-refractivity contribution in [2.45, 2.75) is 32.2 Å². The number of halogens is 3. The molecule has 5 N–H and O–H groups in total. The molecular formula is C27H26F3N5O3. The van der Waals surface area contributed by atoms with Crippen LogP contribution in [0, 0.1) is 0 Å². The second kappa shape index (κ2) is 11.4. The molecule has 0 fully saturated rings. The van der Waals surface area contributed by atoms with Gasteiger partial charge in [0, 0.05) is 41.2 Å². The lowest BCUT2D eigenvalue weighted by molar-refractivity contribution is -0.201. The first-order valence-electron chi connectivity index (χ1n) is 11.7. The van der Waals surface area contributed by atoms with Crippen molar-refractivity contribution in [1.29, 1.82) is 0 Å². The van der Waals surface area contributed by atoms with E-state index in [4.69, 9.17) is 16.3 Å². The van der Waals surface area contributed by atoms with Gasteiger partial charge in [0.25, 0.3) is 5.91 Å². The lowest BCUT2D eigenvalue weighted by atomic mass is 10.0. The number of rotatable bonds is 8. The van der Waals surface area contributed by atoms with Gasteiger partial charge in [0.2, 0.25) is 0 Å². The molecule has 38 heavy (non-hydrogen) atoms. The summed E-state index contributed by atoms with van der Waals surface area (Å²) in [6, 6.07) is 13.7. The van der Waals surface area contributed by atoms with Crippen molar-refractivity contribution in [2.24, 2.45) is 10.7 Å². The summed E-state index contributed by atoms with van der Waals surface area (Å²) >= 11 is 0. The van der Waals surface area contributed by atoms with E-state index in [1.54, 1.807) is 67.0 Å². The number of anilines is 1. The summed E-state index contributed by atoms with van der Waals surface area (Å²) in [4.78, 5) is 27.4. The molecule has 0 saturated heterocycles. The molecule has 0 spiro atoms. The number of hydrogen-bond acceptors (Lipinski definition) is 7. The zero-order chi connectivity index (χ0) is 27.3. The fourth-order valence-electron chi connectivity index (χ4n) is 3.89. The summed E-state index contributed by atoms with van der Waals surface area (Å²) < 4.78 is 39.0. The van der Waals surface area contributed by atoms with E-state index in [1.165, 1.54) is 0 Å². The molecule has 0 saturated carbocycles. The molecule has 8 nitrogen and oxygen atoms in total. The summed E-state index contributed by atoms with van der Waals surface area (Å²) in [5.74, 6) is -0.623. The number of nitrogen functional groups attached to an aromatic ring is 1. The van der Waals surface area contributed by atoms with Crippen molar-refractivity contribution in [2.75, 3.05) is 12.3 Å². The molecule has 0 unspecified atom stereocenters. The Kier molecular flexibility index (Phi) is 8.08. The lowest BCUT2D eigenvalue weighted by Crippen LogP contribution is -2.36. The zero-order valence-electron chi connectivity index (χ0n) is 20.3. The number of nitrogens with two attached hydrogens (primary N) is 2. The number of hydroxylamine groups is 2.